The third-order valence-electron chi connectivity index (χ3n) is 4.57. The molecular formula is C19H26ClN5O2. The molecule has 1 saturated heterocycles. The molecule has 0 atom stereocenters. The molecule has 2 aromatic rings. The highest BCUT2D eigenvalue weighted by molar-refractivity contribution is 5.93. The number of nitrogens with one attached hydrogen (secondary N) is 2. The molecule has 1 aromatic heterocycles. The van der Waals surface area contributed by atoms with Crippen LogP contribution in [0.5, 0.6) is 5.75 Å². The molecule has 3 rings (SSSR count). The van der Waals surface area contributed by atoms with Crippen molar-refractivity contribution < 1.29 is 9.53 Å². The van der Waals surface area contributed by atoms with Gasteiger partial charge in [0.15, 0.2) is 5.69 Å². The largest absolute Gasteiger partial charge is 0.489 e. The molecule has 0 radical (unpaired) electrons. The molecule has 8 heteroatoms. The number of para-hydroxylation sites is 1. The zero-order valence-corrected chi connectivity index (χ0v) is 16.3. The number of hydrogen-bond acceptors (Lipinski definition) is 5. The number of aromatic nitrogens is 3. The maximum atomic E-state index is 12.6. The van der Waals surface area contributed by atoms with Crippen LogP contribution in [0.4, 0.5) is 0 Å². The summed E-state index contributed by atoms with van der Waals surface area (Å²) in [4.78, 5) is 12.6. The number of rotatable bonds is 7. The maximum Gasteiger partial charge on any atom is 0.274 e. The molecule has 146 valence electrons. The first kappa shape index (κ1) is 20.9. The molecule has 0 saturated carbocycles. The van der Waals surface area contributed by atoms with Gasteiger partial charge in [0.25, 0.3) is 5.91 Å². The summed E-state index contributed by atoms with van der Waals surface area (Å²) in [6, 6.07) is 7.93. The van der Waals surface area contributed by atoms with E-state index in [0.717, 1.165) is 42.9 Å². The van der Waals surface area contributed by atoms with Gasteiger partial charge in [-0.1, -0.05) is 36.1 Å². The number of benzene rings is 1. The summed E-state index contributed by atoms with van der Waals surface area (Å²) < 4.78 is 7.51. The first-order valence-corrected chi connectivity index (χ1v) is 8.93. The second-order valence-corrected chi connectivity index (χ2v) is 6.34. The standard InChI is InChI=1S/C19H25N5O2.ClH/c1-3-12-26-17-7-5-4-6-15(17)13-21-19(25)18-14(2)24(23-22-18)16-8-10-20-11-9-16;/h3-7,16,20H,1,8-13H2,2H3,(H,21,25);1H. The van der Waals surface area contributed by atoms with Crippen molar-refractivity contribution in [1.29, 1.82) is 0 Å². The van der Waals surface area contributed by atoms with E-state index in [1.54, 1.807) is 6.08 Å². The van der Waals surface area contributed by atoms with Gasteiger partial charge < -0.3 is 15.4 Å². The Morgan fingerprint density at radius 1 is 1.41 bits per heavy atom. The highest BCUT2D eigenvalue weighted by Gasteiger charge is 2.22. The molecule has 0 spiro atoms. The van der Waals surface area contributed by atoms with E-state index in [4.69, 9.17) is 4.74 Å². The van der Waals surface area contributed by atoms with Gasteiger partial charge in [-0.3, -0.25) is 4.79 Å². The van der Waals surface area contributed by atoms with Crippen LogP contribution in [-0.4, -0.2) is 40.6 Å². The van der Waals surface area contributed by atoms with Crippen LogP contribution >= 0.6 is 12.4 Å². The van der Waals surface area contributed by atoms with Crippen molar-refractivity contribution in [3.63, 3.8) is 0 Å². The summed E-state index contributed by atoms with van der Waals surface area (Å²) in [5, 5.41) is 14.6. The van der Waals surface area contributed by atoms with Gasteiger partial charge in [-0.05, 0) is 38.9 Å². The molecule has 2 N–H and O–H groups in total. The van der Waals surface area contributed by atoms with Gasteiger partial charge in [-0.15, -0.1) is 17.5 Å². The Labute approximate surface area is 165 Å². The predicted molar refractivity (Wildman–Crippen MR) is 106 cm³/mol. The van der Waals surface area contributed by atoms with Gasteiger partial charge >= 0.3 is 0 Å². The molecule has 2 heterocycles. The Kier molecular flexibility index (Phi) is 7.82. The van der Waals surface area contributed by atoms with Gasteiger partial charge in [0.2, 0.25) is 0 Å². The van der Waals surface area contributed by atoms with E-state index in [2.05, 4.69) is 27.5 Å². The minimum absolute atomic E-state index is 0. The molecule has 27 heavy (non-hydrogen) atoms. The number of hydrogen-bond donors (Lipinski definition) is 2. The minimum Gasteiger partial charge on any atom is -0.489 e. The van der Waals surface area contributed by atoms with Crippen molar-refractivity contribution >= 4 is 18.3 Å². The highest BCUT2D eigenvalue weighted by Crippen LogP contribution is 2.21. The van der Waals surface area contributed by atoms with Crippen LogP contribution in [0.3, 0.4) is 0 Å². The summed E-state index contributed by atoms with van der Waals surface area (Å²) in [7, 11) is 0. The second kappa shape index (κ2) is 10.1. The van der Waals surface area contributed by atoms with Crippen molar-refractivity contribution in [3.8, 4) is 5.75 Å². The fourth-order valence-electron chi connectivity index (χ4n) is 3.15. The third kappa shape index (κ3) is 5.08. The van der Waals surface area contributed by atoms with Crippen LogP contribution in [-0.2, 0) is 6.54 Å². The minimum atomic E-state index is -0.221. The maximum absolute atomic E-state index is 12.6. The molecule has 1 aliphatic heterocycles. The Bertz CT molecular complexity index is 771. The Morgan fingerprint density at radius 3 is 2.89 bits per heavy atom. The lowest BCUT2D eigenvalue weighted by Crippen LogP contribution is -2.30. The van der Waals surface area contributed by atoms with Crippen LogP contribution in [0.1, 0.15) is 40.6 Å². The van der Waals surface area contributed by atoms with Gasteiger partial charge in [0.1, 0.15) is 12.4 Å². The molecule has 1 fully saturated rings. The zero-order chi connectivity index (χ0) is 18.4. The fraction of sp³-hybridized carbons (Fsp3) is 0.421. The molecule has 7 nitrogen and oxygen atoms in total. The number of halogens is 1. The average molecular weight is 392 g/mol. The average Bonchev–Trinajstić information content (AvgIpc) is 3.07. The van der Waals surface area contributed by atoms with E-state index in [1.807, 2.05) is 35.9 Å². The number of ether oxygens (including phenoxy) is 1. The normalized spacial score (nSPS) is 14.3. The van der Waals surface area contributed by atoms with Crippen LogP contribution in [0, 0.1) is 6.92 Å². The van der Waals surface area contributed by atoms with Crippen molar-refractivity contribution in [2.24, 2.45) is 0 Å². The summed E-state index contributed by atoms with van der Waals surface area (Å²) in [6.07, 6.45) is 3.69. The van der Waals surface area contributed by atoms with E-state index in [-0.39, 0.29) is 18.3 Å². The quantitative estimate of drug-likeness (QED) is 0.708. The van der Waals surface area contributed by atoms with E-state index in [0.29, 0.717) is 24.9 Å². The van der Waals surface area contributed by atoms with Crippen LogP contribution in [0.2, 0.25) is 0 Å². The predicted octanol–water partition coefficient (Wildman–Crippen LogP) is 2.43. The first-order valence-electron chi connectivity index (χ1n) is 8.93. The smallest absolute Gasteiger partial charge is 0.274 e. The van der Waals surface area contributed by atoms with Crippen LogP contribution in [0.25, 0.3) is 0 Å². The monoisotopic (exact) mass is 391 g/mol. The van der Waals surface area contributed by atoms with Crippen LogP contribution in [0.15, 0.2) is 36.9 Å². The Hall–Kier alpha value is -2.38. The fourth-order valence-corrected chi connectivity index (χ4v) is 3.15. The Balaban J connectivity index is 0.00000261. The van der Waals surface area contributed by atoms with Gasteiger partial charge in [0.05, 0.1) is 11.7 Å². The van der Waals surface area contributed by atoms with Crippen molar-refractivity contribution in [1.82, 2.24) is 25.6 Å². The summed E-state index contributed by atoms with van der Waals surface area (Å²) in [5.74, 6) is 0.518. The lowest BCUT2D eigenvalue weighted by molar-refractivity contribution is 0.0945. The van der Waals surface area contributed by atoms with Crippen LogP contribution < -0.4 is 15.4 Å². The molecule has 0 aliphatic carbocycles. The first-order chi connectivity index (χ1) is 12.7. The van der Waals surface area contributed by atoms with E-state index < -0.39 is 0 Å². The lowest BCUT2D eigenvalue weighted by Gasteiger charge is -2.23. The molecule has 1 amide bonds. The van der Waals surface area contributed by atoms with Crippen molar-refractivity contribution in [2.75, 3.05) is 19.7 Å². The molecule has 0 bridgehead atoms. The highest BCUT2D eigenvalue weighted by atomic mass is 35.5. The molecule has 1 aromatic carbocycles. The number of nitrogens with zero attached hydrogens (tertiary/aromatic N) is 3. The van der Waals surface area contributed by atoms with E-state index >= 15 is 0 Å². The SMILES string of the molecule is C=CCOc1ccccc1CNC(=O)c1nnn(C2CCNCC2)c1C.Cl. The lowest BCUT2D eigenvalue weighted by atomic mass is 10.1. The van der Waals surface area contributed by atoms with Crippen molar-refractivity contribution in [3.05, 3.63) is 53.9 Å². The summed E-state index contributed by atoms with van der Waals surface area (Å²) in [5.41, 5.74) is 2.10. The topological polar surface area (TPSA) is 81.1 Å². The van der Waals surface area contributed by atoms with Gasteiger partial charge in [-0.2, -0.15) is 0 Å². The number of piperidine rings is 1. The van der Waals surface area contributed by atoms with Gasteiger partial charge in [0, 0.05) is 12.1 Å². The number of carbonyl (C=O) groups is 1. The van der Waals surface area contributed by atoms with E-state index in [9.17, 15) is 4.79 Å². The molecule has 0 unspecified atom stereocenters. The zero-order valence-electron chi connectivity index (χ0n) is 15.5. The van der Waals surface area contributed by atoms with E-state index in [1.165, 1.54) is 0 Å². The number of carbonyl (C=O) groups excluding carboxylic acids is 1. The Morgan fingerprint density at radius 2 is 2.15 bits per heavy atom. The third-order valence-corrected chi connectivity index (χ3v) is 4.57. The second-order valence-electron chi connectivity index (χ2n) is 6.34. The summed E-state index contributed by atoms with van der Waals surface area (Å²) in [6.45, 7) is 8.28. The number of amides is 1. The van der Waals surface area contributed by atoms with Gasteiger partial charge in [-0.25, -0.2) is 4.68 Å². The molecular weight excluding hydrogens is 366 g/mol. The van der Waals surface area contributed by atoms with Crippen molar-refractivity contribution in [2.45, 2.75) is 32.4 Å². The molecule has 1 aliphatic rings. The summed E-state index contributed by atoms with van der Waals surface area (Å²) >= 11 is 0.